The van der Waals surface area contributed by atoms with Gasteiger partial charge in [-0.2, -0.15) is 14.6 Å². The summed E-state index contributed by atoms with van der Waals surface area (Å²) in [5.74, 6) is 1.18. The number of methoxy groups -OCH3 is 1. The average molecular weight is 333 g/mol. The molecule has 0 spiro atoms. The van der Waals surface area contributed by atoms with E-state index in [1.54, 1.807) is 16.2 Å². The second-order valence-electron chi connectivity index (χ2n) is 6.18. The lowest BCUT2D eigenvalue weighted by atomic mass is 10.1. The Hall–Kier alpha value is -3.22. The van der Waals surface area contributed by atoms with Crippen molar-refractivity contribution in [2.75, 3.05) is 7.11 Å². The minimum atomic E-state index is -0.0391. The van der Waals surface area contributed by atoms with Gasteiger partial charge in [0, 0.05) is 17.8 Å². The van der Waals surface area contributed by atoms with E-state index < -0.39 is 0 Å². The summed E-state index contributed by atoms with van der Waals surface area (Å²) in [6.45, 7) is 0. The first-order valence-electron chi connectivity index (χ1n) is 8.15. The Morgan fingerprint density at radius 2 is 2.12 bits per heavy atom. The van der Waals surface area contributed by atoms with Crippen LogP contribution in [0.1, 0.15) is 18.9 Å². The van der Waals surface area contributed by atoms with E-state index in [1.165, 1.54) is 6.33 Å². The summed E-state index contributed by atoms with van der Waals surface area (Å²) in [5.41, 5.74) is 2.12. The van der Waals surface area contributed by atoms with Gasteiger partial charge < -0.3 is 9.30 Å². The van der Waals surface area contributed by atoms with E-state index in [2.05, 4.69) is 15.1 Å². The Balaban J connectivity index is 1.94. The van der Waals surface area contributed by atoms with E-state index in [9.17, 15) is 4.79 Å². The number of rotatable bonds is 3. The maximum atomic E-state index is 13.2. The third-order valence-electron chi connectivity index (χ3n) is 4.58. The molecule has 3 aromatic heterocycles. The van der Waals surface area contributed by atoms with Crippen molar-refractivity contribution in [1.29, 1.82) is 0 Å². The van der Waals surface area contributed by atoms with Gasteiger partial charge >= 0.3 is 0 Å². The van der Waals surface area contributed by atoms with Crippen molar-refractivity contribution in [2.24, 2.45) is 0 Å². The molecule has 1 aromatic carbocycles. The zero-order valence-corrected chi connectivity index (χ0v) is 13.6. The molecule has 0 saturated heterocycles. The molecule has 1 aliphatic rings. The van der Waals surface area contributed by atoms with Crippen molar-refractivity contribution in [3.8, 4) is 17.0 Å². The van der Waals surface area contributed by atoms with Crippen molar-refractivity contribution in [1.82, 2.24) is 24.1 Å². The quantitative estimate of drug-likeness (QED) is 0.576. The Labute approximate surface area is 142 Å². The number of pyridine rings is 1. The summed E-state index contributed by atoms with van der Waals surface area (Å²) in [4.78, 5) is 21.8. The number of ether oxygens (including phenoxy) is 1. The first-order valence-corrected chi connectivity index (χ1v) is 8.15. The summed E-state index contributed by atoms with van der Waals surface area (Å²) in [6, 6.07) is 9.77. The normalized spacial score (nSPS) is 14.3. The van der Waals surface area contributed by atoms with Gasteiger partial charge in [-0.15, -0.1) is 0 Å². The fraction of sp³-hybridized carbons (Fsp3) is 0.222. The molecule has 0 N–H and O–H groups in total. The lowest BCUT2D eigenvalue weighted by Gasteiger charge is -2.11. The van der Waals surface area contributed by atoms with Crippen LogP contribution in [0.4, 0.5) is 0 Å². The molecular weight excluding hydrogens is 318 g/mol. The highest BCUT2D eigenvalue weighted by molar-refractivity contribution is 5.93. The van der Waals surface area contributed by atoms with Crippen LogP contribution in [0.25, 0.3) is 27.9 Å². The van der Waals surface area contributed by atoms with Crippen LogP contribution >= 0.6 is 0 Å². The third kappa shape index (κ3) is 2.12. The van der Waals surface area contributed by atoms with Gasteiger partial charge in [0.05, 0.1) is 23.7 Å². The van der Waals surface area contributed by atoms with Gasteiger partial charge in [0.2, 0.25) is 0 Å². The predicted octanol–water partition coefficient (Wildman–Crippen LogP) is 2.45. The van der Waals surface area contributed by atoms with E-state index in [1.807, 2.05) is 36.5 Å². The van der Waals surface area contributed by atoms with E-state index in [4.69, 9.17) is 4.74 Å². The molecule has 1 fully saturated rings. The number of benzene rings is 1. The van der Waals surface area contributed by atoms with Crippen LogP contribution < -0.4 is 10.3 Å². The SMILES string of the molecule is COc1cccc(-c2c3c(=O)n(C4CC4)ccc3nc3ncnn23)c1. The van der Waals surface area contributed by atoms with Crippen molar-refractivity contribution >= 4 is 16.7 Å². The molecule has 7 nitrogen and oxygen atoms in total. The lowest BCUT2D eigenvalue weighted by molar-refractivity contribution is 0.415. The monoisotopic (exact) mass is 333 g/mol. The van der Waals surface area contributed by atoms with E-state index in [0.717, 1.165) is 18.4 Å². The molecule has 3 heterocycles. The van der Waals surface area contributed by atoms with Crippen LogP contribution in [0.15, 0.2) is 47.7 Å². The van der Waals surface area contributed by atoms with Gasteiger partial charge in [-0.3, -0.25) is 4.79 Å². The van der Waals surface area contributed by atoms with Gasteiger partial charge in [0.25, 0.3) is 11.3 Å². The lowest BCUT2D eigenvalue weighted by Crippen LogP contribution is -2.20. The summed E-state index contributed by atoms with van der Waals surface area (Å²) in [6.07, 6.45) is 5.36. The zero-order chi connectivity index (χ0) is 17.0. The fourth-order valence-electron chi connectivity index (χ4n) is 3.22. The van der Waals surface area contributed by atoms with Gasteiger partial charge in [0.15, 0.2) is 0 Å². The van der Waals surface area contributed by atoms with Crippen LogP contribution in [0.3, 0.4) is 0 Å². The Bertz CT molecular complexity index is 1170. The third-order valence-corrected chi connectivity index (χ3v) is 4.58. The molecule has 0 unspecified atom stereocenters. The molecule has 0 atom stereocenters. The van der Waals surface area contributed by atoms with E-state index in [0.29, 0.717) is 34.2 Å². The van der Waals surface area contributed by atoms with Gasteiger partial charge in [0.1, 0.15) is 12.1 Å². The highest BCUT2D eigenvalue weighted by Gasteiger charge is 2.26. The van der Waals surface area contributed by atoms with Crippen LogP contribution in [0, 0.1) is 0 Å². The van der Waals surface area contributed by atoms with Crippen LogP contribution in [-0.4, -0.2) is 31.3 Å². The molecule has 0 amide bonds. The number of hydrogen-bond acceptors (Lipinski definition) is 5. The zero-order valence-electron chi connectivity index (χ0n) is 13.6. The minimum Gasteiger partial charge on any atom is -0.497 e. The average Bonchev–Trinajstić information content (AvgIpc) is 3.37. The summed E-state index contributed by atoms with van der Waals surface area (Å²) < 4.78 is 8.76. The van der Waals surface area contributed by atoms with Crippen molar-refractivity contribution in [2.45, 2.75) is 18.9 Å². The van der Waals surface area contributed by atoms with E-state index in [-0.39, 0.29) is 5.56 Å². The Morgan fingerprint density at radius 3 is 2.92 bits per heavy atom. The molecular formula is C18H15N5O2. The van der Waals surface area contributed by atoms with Crippen LogP contribution in [0.5, 0.6) is 5.75 Å². The van der Waals surface area contributed by atoms with Gasteiger partial charge in [-0.25, -0.2) is 4.98 Å². The Morgan fingerprint density at radius 1 is 1.24 bits per heavy atom. The topological polar surface area (TPSA) is 74.3 Å². The van der Waals surface area contributed by atoms with Crippen LogP contribution in [0.2, 0.25) is 0 Å². The summed E-state index contributed by atoms with van der Waals surface area (Å²) >= 11 is 0. The predicted molar refractivity (Wildman–Crippen MR) is 92.8 cm³/mol. The molecule has 0 bridgehead atoms. The first kappa shape index (κ1) is 14.2. The number of fused-ring (bicyclic) bond motifs is 2. The largest absolute Gasteiger partial charge is 0.497 e. The molecule has 5 rings (SSSR count). The van der Waals surface area contributed by atoms with Crippen molar-refractivity contribution in [3.05, 3.63) is 53.2 Å². The number of nitrogens with zero attached hydrogens (tertiary/aromatic N) is 5. The maximum Gasteiger partial charge on any atom is 0.262 e. The smallest absolute Gasteiger partial charge is 0.262 e. The molecule has 1 aliphatic carbocycles. The van der Waals surface area contributed by atoms with E-state index >= 15 is 0 Å². The number of aromatic nitrogens is 5. The van der Waals surface area contributed by atoms with Crippen molar-refractivity contribution in [3.63, 3.8) is 0 Å². The Kier molecular flexibility index (Phi) is 2.91. The summed E-state index contributed by atoms with van der Waals surface area (Å²) in [7, 11) is 1.62. The molecule has 1 saturated carbocycles. The second kappa shape index (κ2) is 5.14. The van der Waals surface area contributed by atoms with Crippen LogP contribution in [-0.2, 0) is 0 Å². The molecule has 124 valence electrons. The molecule has 4 aromatic rings. The van der Waals surface area contributed by atoms with Gasteiger partial charge in [-0.05, 0) is 31.0 Å². The second-order valence-corrected chi connectivity index (χ2v) is 6.18. The molecule has 25 heavy (non-hydrogen) atoms. The van der Waals surface area contributed by atoms with Gasteiger partial charge in [-0.1, -0.05) is 12.1 Å². The first-order chi connectivity index (χ1) is 12.3. The number of hydrogen-bond donors (Lipinski definition) is 0. The molecule has 0 aliphatic heterocycles. The standard InChI is InChI=1S/C18H15N5O2/c1-25-13-4-2-3-11(9-13)16-15-14(21-18-19-10-20-23(16)18)7-8-22(17(15)24)12-5-6-12/h2-4,7-10,12H,5-6H2,1H3. The highest BCUT2D eigenvalue weighted by Crippen LogP contribution is 2.35. The maximum absolute atomic E-state index is 13.2. The highest BCUT2D eigenvalue weighted by atomic mass is 16.5. The molecule has 0 radical (unpaired) electrons. The fourth-order valence-corrected chi connectivity index (χ4v) is 3.22. The van der Waals surface area contributed by atoms with Crippen molar-refractivity contribution < 1.29 is 4.74 Å². The summed E-state index contributed by atoms with van der Waals surface area (Å²) in [5, 5.41) is 4.84. The molecule has 7 heteroatoms. The minimum absolute atomic E-state index is 0.0391.